The normalized spacial score (nSPS) is 16.1. The van der Waals surface area contributed by atoms with Crippen molar-refractivity contribution >= 4 is 0 Å². The maximum absolute atomic E-state index is 12.9. The molecule has 0 heterocycles. The molecule has 1 aliphatic carbocycles. The molecule has 2 aromatic rings. The average Bonchev–Trinajstić information content (AvgIpc) is 3.23. The van der Waals surface area contributed by atoms with Gasteiger partial charge in [0.05, 0.1) is 12.1 Å². The second-order valence-corrected chi connectivity index (χ2v) is 4.92. The summed E-state index contributed by atoms with van der Waals surface area (Å²) in [5, 5.41) is 0. The molecule has 2 aromatic carbocycles. The fraction of sp³-hybridized carbons (Fsp3) is 0.250. The minimum absolute atomic E-state index is 0.248. The van der Waals surface area contributed by atoms with Crippen molar-refractivity contribution in [3.63, 3.8) is 0 Å². The zero-order valence-electron chi connectivity index (χ0n) is 10.6. The summed E-state index contributed by atoms with van der Waals surface area (Å²) in [5.74, 6) is 0.610. The number of halogens is 1. The van der Waals surface area contributed by atoms with Crippen molar-refractivity contribution in [1.29, 1.82) is 0 Å². The molecule has 98 valence electrons. The van der Waals surface area contributed by atoms with Crippen LogP contribution in [-0.2, 0) is 0 Å². The number of hydrogen-bond donors (Lipinski definition) is 1. The Labute approximate surface area is 112 Å². The smallest absolute Gasteiger partial charge is 0.123 e. The van der Waals surface area contributed by atoms with E-state index in [0.29, 0.717) is 6.10 Å². The number of ether oxygens (including phenoxy) is 1. The van der Waals surface area contributed by atoms with Gasteiger partial charge in [-0.15, -0.1) is 0 Å². The van der Waals surface area contributed by atoms with Crippen LogP contribution in [0.25, 0.3) is 0 Å². The molecule has 0 bridgehead atoms. The summed E-state index contributed by atoms with van der Waals surface area (Å²) in [6.07, 6.45) is 2.64. The zero-order valence-corrected chi connectivity index (χ0v) is 10.6. The molecular formula is C16H16FNO. The topological polar surface area (TPSA) is 35.2 Å². The van der Waals surface area contributed by atoms with Crippen LogP contribution < -0.4 is 10.5 Å². The maximum atomic E-state index is 12.9. The molecule has 3 heteroatoms. The van der Waals surface area contributed by atoms with Crippen LogP contribution in [0.15, 0.2) is 48.5 Å². The van der Waals surface area contributed by atoms with Gasteiger partial charge in [0.1, 0.15) is 11.6 Å². The summed E-state index contributed by atoms with van der Waals surface area (Å²) in [5.41, 5.74) is 8.07. The Kier molecular flexibility index (Phi) is 3.22. The maximum Gasteiger partial charge on any atom is 0.123 e. The fourth-order valence-corrected chi connectivity index (χ4v) is 2.02. The van der Waals surface area contributed by atoms with Gasteiger partial charge in [0.15, 0.2) is 0 Å². The van der Waals surface area contributed by atoms with Gasteiger partial charge in [0, 0.05) is 0 Å². The van der Waals surface area contributed by atoms with Gasteiger partial charge in [-0.2, -0.15) is 0 Å². The molecule has 1 atom stereocenters. The highest BCUT2D eigenvalue weighted by Crippen LogP contribution is 2.29. The number of rotatable bonds is 4. The highest BCUT2D eigenvalue weighted by atomic mass is 19.1. The summed E-state index contributed by atoms with van der Waals surface area (Å²) in [6, 6.07) is 13.8. The quantitative estimate of drug-likeness (QED) is 0.911. The van der Waals surface area contributed by atoms with E-state index < -0.39 is 0 Å². The van der Waals surface area contributed by atoms with E-state index in [4.69, 9.17) is 10.5 Å². The minimum atomic E-state index is -0.261. The minimum Gasteiger partial charge on any atom is -0.490 e. The van der Waals surface area contributed by atoms with Gasteiger partial charge >= 0.3 is 0 Å². The molecule has 0 amide bonds. The molecule has 0 aromatic heterocycles. The molecule has 0 spiro atoms. The van der Waals surface area contributed by atoms with E-state index >= 15 is 0 Å². The van der Waals surface area contributed by atoms with E-state index in [1.165, 1.54) is 12.1 Å². The van der Waals surface area contributed by atoms with E-state index in [9.17, 15) is 4.39 Å². The monoisotopic (exact) mass is 257 g/mol. The number of hydrogen-bond acceptors (Lipinski definition) is 2. The molecule has 1 aliphatic rings. The lowest BCUT2D eigenvalue weighted by Crippen LogP contribution is -2.12. The van der Waals surface area contributed by atoms with Crippen LogP contribution in [0.1, 0.15) is 30.0 Å². The second-order valence-electron chi connectivity index (χ2n) is 4.92. The van der Waals surface area contributed by atoms with Crippen LogP contribution in [-0.4, -0.2) is 6.10 Å². The molecule has 0 aliphatic heterocycles. The summed E-state index contributed by atoms with van der Waals surface area (Å²) < 4.78 is 18.7. The van der Waals surface area contributed by atoms with Crippen LogP contribution in [0.2, 0.25) is 0 Å². The van der Waals surface area contributed by atoms with Crippen LogP contribution in [0.3, 0.4) is 0 Å². The van der Waals surface area contributed by atoms with E-state index in [2.05, 4.69) is 0 Å². The molecular weight excluding hydrogens is 241 g/mol. The zero-order chi connectivity index (χ0) is 13.2. The molecule has 0 saturated heterocycles. The summed E-state index contributed by atoms with van der Waals surface area (Å²) in [6.45, 7) is 0. The SMILES string of the molecule is NC(c1ccc(F)cc1)c1cccc(OC2CC2)c1. The first-order valence-electron chi connectivity index (χ1n) is 6.50. The van der Waals surface area contributed by atoms with Gasteiger partial charge in [0.25, 0.3) is 0 Å². The van der Waals surface area contributed by atoms with Crippen LogP contribution in [0.5, 0.6) is 5.75 Å². The largest absolute Gasteiger partial charge is 0.490 e. The van der Waals surface area contributed by atoms with Crippen molar-refractivity contribution in [3.8, 4) is 5.75 Å². The van der Waals surface area contributed by atoms with Crippen molar-refractivity contribution in [1.82, 2.24) is 0 Å². The lowest BCUT2D eigenvalue weighted by Gasteiger charge is -2.14. The first-order chi connectivity index (χ1) is 9.22. The molecule has 0 radical (unpaired) electrons. The Morgan fingerprint density at radius 1 is 1.05 bits per heavy atom. The van der Waals surface area contributed by atoms with Crippen molar-refractivity contribution < 1.29 is 9.13 Å². The van der Waals surface area contributed by atoms with Crippen molar-refractivity contribution in [3.05, 3.63) is 65.5 Å². The average molecular weight is 257 g/mol. The Morgan fingerprint density at radius 3 is 2.47 bits per heavy atom. The van der Waals surface area contributed by atoms with Gasteiger partial charge < -0.3 is 10.5 Å². The molecule has 19 heavy (non-hydrogen) atoms. The highest BCUT2D eigenvalue weighted by molar-refractivity contribution is 5.36. The molecule has 3 rings (SSSR count). The van der Waals surface area contributed by atoms with E-state index in [1.807, 2.05) is 24.3 Å². The highest BCUT2D eigenvalue weighted by Gasteiger charge is 2.23. The number of nitrogens with two attached hydrogens (primary N) is 1. The first kappa shape index (κ1) is 12.2. The molecule has 2 nitrogen and oxygen atoms in total. The Bertz CT molecular complexity index is 563. The Morgan fingerprint density at radius 2 is 1.79 bits per heavy atom. The number of benzene rings is 2. The third-order valence-electron chi connectivity index (χ3n) is 3.27. The summed E-state index contributed by atoms with van der Waals surface area (Å²) >= 11 is 0. The lowest BCUT2D eigenvalue weighted by atomic mass is 9.99. The lowest BCUT2D eigenvalue weighted by molar-refractivity contribution is 0.303. The molecule has 1 saturated carbocycles. The van der Waals surface area contributed by atoms with Crippen LogP contribution in [0, 0.1) is 5.82 Å². The van der Waals surface area contributed by atoms with Crippen molar-refractivity contribution in [2.75, 3.05) is 0 Å². The fourth-order valence-electron chi connectivity index (χ4n) is 2.02. The standard InChI is InChI=1S/C16H16FNO/c17-13-6-4-11(5-7-13)16(18)12-2-1-3-15(10-12)19-14-8-9-14/h1-7,10,14,16H,8-9,18H2. The predicted octanol–water partition coefficient (Wildman–Crippen LogP) is 3.42. The van der Waals surface area contributed by atoms with Crippen molar-refractivity contribution in [2.45, 2.75) is 25.0 Å². The summed E-state index contributed by atoms with van der Waals surface area (Å²) in [7, 11) is 0. The molecule has 2 N–H and O–H groups in total. The van der Waals surface area contributed by atoms with Crippen LogP contribution in [0.4, 0.5) is 4.39 Å². The van der Waals surface area contributed by atoms with Gasteiger partial charge in [-0.05, 0) is 48.2 Å². The Balaban J connectivity index is 1.81. The van der Waals surface area contributed by atoms with E-state index in [-0.39, 0.29) is 11.9 Å². The summed E-state index contributed by atoms with van der Waals surface area (Å²) in [4.78, 5) is 0. The third kappa shape index (κ3) is 2.93. The second kappa shape index (κ2) is 5.02. The molecule has 1 fully saturated rings. The van der Waals surface area contributed by atoms with Gasteiger partial charge in [-0.25, -0.2) is 4.39 Å². The van der Waals surface area contributed by atoms with Gasteiger partial charge in [0.2, 0.25) is 0 Å². The third-order valence-corrected chi connectivity index (χ3v) is 3.27. The van der Waals surface area contributed by atoms with Gasteiger partial charge in [-0.3, -0.25) is 0 Å². The first-order valence-corrected chi connectivity index (χ1v) is 6.50. The van der Waals surface area contributed by atoms with E-state index in [0.717, 1.165) is 29.7 Å². The predicted molar refractivity (Wildman–Crippen MR) is 72.5 cm³/mol. The van der Waals surface area contributed by atoms with Crippen molar-refractivity contribution in [2.24, 2.45) is 5.73 Å². The van der Waals surface area contributed by atoms with Gasteiger partial charge in [-0.1, -0.05) is 24.3 Å². The van der Waals surface area contributed by atoms with Crippen LogP contribution >= 0.6 is 0 Å². The molecule has 1 unspecified atom stereocenters. The van der Waals surface area contributed by atoms with E-state index in [1.54, 1.807) is 12.1 Å². The Hall–Kier alpha value is -1.87.